The molecule has 2 amide bonds. The van der Waals surface area contributed by atoms with E-state index >= 15 is 0 Å². The average molecular weight is 472 g/mol. The first-order valence-corrected chi connectivity index (χ1v) is 11.2. The van der Waals surface area contributed by atoms with Crippen molar-refractivity contribution < 1.29 is 23.6 Å². The van der Waals surface area contributed by atoms with E-state index in [1.807, 2.05) is 31.2 Å². The van der Waals surface area contributed by atoms with Crippen LogP contribution in [0.15, 0.2) is 33.8 Å². The summed E-state index contributed by atoms with van der Waals surface area (Å²) in [5.41, 5.74) is 0.656. The Bertz CT molecular complexity index is 1040. The lowest BCUT2D eigenvalue weighted by Gasteiger charge is -2.40. The lowest BCUT2D eigenvalue weighted by atomic mass is 9.97. The molecule has 1 saturated heterocycles. The topological polar surface area (TPSA) is 119 Å². The van der Waals surface area contributed by atoms with Crippen LogP contribution in [0.3, 0.4) is 0 Å². The van der Waals surface area contributed by atoms with Gasteiger partial charge in [0.05, 0.1) is 0 Å². The number of guanidine groups is 1. The monoisotopic (exact) mass is 471 g/mol. The standard InChI is InChI=1S/C24H33N5O5/c1-15-8-10-17(11-9-15)19-25-18(34-28-19)12-16-13-29(14-16)20(26-21(30)32-23(2,3)4)27-22(31)33-24(5,6)7/h8-11,16H,12-14H2,1-7H3,(H,26,27,30,31). The van der Waals surface area contributed by atoms with E-state index in [1.165, 1.54) is 0 Å². The second-order valence-electron chi connectivity index (χ2n) is 10.4. The van der Waals surface area contributed by atoms with Gasteiger partial charge in [-0.2, -0.15) is 4.98 Å². The fourth-order valence-corrected chi connectivity index (χ4v) is 3.22. The van der Waals surface area contributed by atoms with Crippen LogP contribution in [-0.2, 0) is 15.9 Å². The Kier molecular flexibility index (Phi) is 7.28. The van der Waals surface area contributed by atoms with Gasteiger partial charge >= 0.3 is 12.2 Å². The SMILES string of the molecule is Cc1ccc(-c2noc(CC3CN(/C(=N\C(=O)OC(C)(C)C)NC(=O)OC(C)(C)C)C3)n2)cc1. The zero-order chi connectivity index (χ0) is 25.1. The van der Waals surface area contributed by atoms with Gasteiger partial charge in [0, 0.05) is 31.0 Å². The molecule has 2 heterocycles. The van der Waals surface area contributed by atoms with Crippen LogP contribution < -0.4 is 5.32 Å². The number of alkyl carbamates (subject to hydrolysis) is 1. The predicted octanol–water partition coefficient (Wildman–Crippen LogP) is 4.34. The van der Waals surface area contributed by atoms with Crippen molar-refractivity contribution in [3.63, 3.8) is 0 Å². The van der Waals surface area contributed by atoms with Gasteiger partial charge < -0.3 is 18.9 Å². The minimum Gasteiger partial charge on any atom is -0.444 e. The van der Waals surface area contributed by atoms with Crippen LogP contribution in [0, 0.1) is 12.8 Å². The van der Waals surface area contributed by atoms with Crippen molar-refractivity contribution >= 4 is 18.1 Å². The molecule has 34 heavy (non-hydrogen) atoms. The first-order valence-electron chi connectivity index (χ1n) is 11.2. The molecule has 1 fully saturated rings. The summed E-state index contributed by atoms with van der Waals surface area (Å²) >= 11 is 0. The lowest BCUT2D eigenvalue weighted by Crippen LogP contribution is -2.57. The minimum atomic E-state index is -0.790. The van der Waals surface area contributed by atoms with E-state index in [1.54, 1.807) is 46.4 Å². The van der Waals surface area contributed by atoms with Crippen LogP contribution in [0.5, 0.6) is 0 Å². The van der Waals surface area contributed by atoms with Gasteiger partial charge in [0.25, 0.3) is 0 Å². The molecule has 0 spiro atoms. The van der Waals surface area contributed by atoms with Gasteiger partial charge in [-0.05, 0) is 48.5 Å². The number of aromatic nitrogens is 2. The number of rotatable bonds is 3. The summed E-state index contributed by atoms with van der Waals surface area (Å²) in [5.74, 6) is 1.36. The smallest absolute Gasteiger partial charge is 0.437 e. The third-order valence-corrected chi connectivity index (χ3v) is 4.70. The molecule has 1 aromatic carbocycles. The van der Waals surface area contributed by atoms with Gasteiger partial charge in [-0.25, -0.2) is 9.59 Å². The molecule has 3 rings (SSSR count). The molecule has 184 valence electrons. The van der Waals surface area contributed by atoms with Crippen molar-refractivity contribution in [2.45, 2.75) is 66.1 Å². The summed E-state index contributed by atoms with van der Waals surface area (Å²) in [4.78, 5) is 34.8. The number of nitrogens with zero attached hydrogens (tertiary/aromatic N) is 4. The molecule has 0 unspecified atom stereocenters. The van der Waals surface area contributed by atoms with Crippen LogP contribution in [-0.4, -0.2) is 57.5 Å². The summed E-state index contributed by atoms with van der Waals surface area (Å²) in [6.45, 7) is 13.6. The molecular formula is C24H33N5O5. The Labute approximate surface area is 199 Å². The Balaban J connectivity index is 1.62. The number of amides is 2. The Morgan fingerprint density at radius 1 is 1.09 bits per heavy atom. The Hall–Kier alpha value is -3.43. The molecule has 1 aliphatic rings. The number of carbonyl (C=O) groups is 2. The number of ether oxygens (including phenoxy) is 2. The van der Waals surface area contributed by atoms with Gasteiger partial charge in [0.1, 0.15) is 11.2 Å². The van der Waals surface area contributed by atoms with E-state index < -0.39 is 23.4 Å². The van der Waals surface area contributed by atoms with E-state index in [-0.39, 0.29) is 11.9 Å². The van der Waals surface area contributed by atoms with Crippen LogP contribution in [0.25, 0.3) is 11.4 Å². The average Bonchev–Trinajstić information content (AvgIpc) is 3.10. The minimum absolute atomic E-state index is 0.0885. The number of aliphatic imine (C=N–C) groups is 1. The molecule has 1 aromatic heterocycles. The van der Waals surface area contributed by atoms with Gasteiger partial charge in [-0.1, -0.05) is 35.0 Å². The summed E-state index contributed by atoms with van der Waals surface area (Å²) in [6, 6.07) is 7.91. The highest BCUT2D eigenvalue weighted by Crippen LogP contribution is 2.23. The van der Waals surface area contributed by atoms with Crippen LogP contribution in [0.2, 0.25) is 0 Å². The summed E-state index contributed by atoms with van der Waals surface area (Å²) in [7, 11) is 0. The fraction of sp³-hybridized carbons (Fsp3) is 0.542. The first kappa shape index (κ1) is 25.2. The van der Waals surface area contributed by atoms with E-state index in [0.29, 0.717) is 31.2 Å². The van der Waals surface area contributed by atoms with E-state index in [2.05, 4.69) is 20.4 Å². The number of hydrogen-bond acceptors (Lipinski definition) is 7. The molecule has 0 atom stereocenters. The Morgan fingerprint density at radius 3 is 2.29 bits per heavy atom. The number of benzene rings is 1. The van der Waals surface area contributed by atoms with Crippen LogP contribution in [0.1, 0.15) is 53.0 Å². The van der Waals surface area contributed by atoms with Crippen molar-refractivity contribution in [2.24, 2.45) is 10.9 Å². The molecule has 10 heteroatoms. The largest absolute Gasteiger partial charge is 0.444 e. The normalized spacial score (nSPS) is 15.0. The van der Waals surface area contributed by atoms with E-state index in [9.17, 15) is 9.59 Å². The molecule has 2 aromatic rings. The highest BCUT2D eigenvalue weighted by atomic mass is 16.6. The van der Waals surface area contributed by atoms with Crippen LogP contribution in [0.4, 0.5) is 9.59 Å². The highest BCUT2D eigenvalue weighted by molar-refractivity contribution is 5.99. The lowest BCUT2D eigenvalue weighted by molar-refractivity contribution is 0.0542. The third-order valence-electron chi connectivity index (χ3n) is 4.70. The first-order chi connectivity index (χ1) is 15.8. The summed E-state index contributed by atoms with van der Waals surface area (Å²) in [5, 5.41) is 6.64. The second-order valence-corrected chi connectivity index (χ2v) is 10.4. The van der Waals surface area contributed by atoms with E-state index in [4.69, 9.17) is 14.0 Å². The molecular weight excluding hydrogens is 438 g/mol. The molecule has 0 bridgehead atoms. The van der Waals surface area contributed by atoms with Gasteiger partial charge in [-0.15, -0.1) is 4.99 Å². The van der Waals surface area contributed by atoms with Crippen molar-refractivity contribution in [3.8, 4) is 11.4 Å². The number of nitrogens with one attached hydrogen (secondary N) is 1. The maximum absolute atomic E-state index is 12.3. The predicted molar refractivity (Wildman–Crippen MR) is 126 cm³/mol. The summed E-state index contributed by atoms with van der Waals surface area (Å²) in [6.07, 6.45) is -0.916. The van der Waals surface area contributed by atoms with Crippen LogP contribution >= 0.6 is 0 Å². The third kappa shape index (κ3) is 7.57. The second kappa shape index (κ2) is 9.82. The quantitative estimate of drug-likeness (QED) is 0.519. The van der Waals surface area contributed by atoms with Crippen molar-refractivity contribution in [2.75, 3.05) is 13.1 Å². The molecule has 10 nitrogen and oxygen atoms in total. The van der Waals surface area contributed by atoms with E-state index in [0.717, 1.165) is 11.1 Å². The molecule has 1 aliphatic heterocycles. The van der Waals surface area contributed by atoms with Gasteiger partial charge in [-0.3, -0.25) is 5.32 Å². The Morgan fingerprint density at radius 2 is 1.71 bits per heavy atom. The van der Waals surface area contributed by atoms with Gasteiger partial charge in [0.2, 0.25) is 17.7 Å². The highest BCUT2D eigenvalue weighted by Gasteiger charge is 2.33. The van der Waals surface area contributed by atoms with Crippen molar-refractivity contribution in [1.29, 1.82) is 0 Å². The number of hydrogen-bond donors (Lipinski definition) is 1. The molecule has 0 radical (unpaired) electrons. The maximum Gasteiger partial charge on any atom is 0.437 e. The number of likely N-dealkylation sites (tertiary alicyclic amines) is 1. The molecule has 0 saturated carbocycles. The fourth-order valence-electron chi connectivity index (χ4n) is 3.22. The zero-order valence-corrected chi connectivity index (χ0v) is 20.8. The molecule has 1 N–H and O–H groups in total. The zero-order valence-electron chi connectivity index (χ0n) is 20.8. The molecule has 0 aliphatic carbocycles. The number of aryl methyl sites for hydroxylation is 1. The van der Waals surface area contributed by atoms with Crippen molar-refractivity contribution in [1.82, 2.24) is 20.4 Å². The van der Waals surface area contributed by atoms with Crippen molar-refractivity contribution in [3.05, 3.63) is 35.7 Å². The van der Waals surface area contributed by atoms with Gasteiger partial charge in [0.15, 0.2) is 0 Å². The number of carbonyl (C=O) groups excluding carboxylic acids is 2. The maximum atomic E-state index is 12.3. The summed E-state index contributed by atoms with van der Waals surface area (Å²) < 4.78 is 16.0.